The van der Waals surface area contributed by atoms with E-state index in [0.29, 0.717) is 29.2 Å². The van der Waals surface area contributed by atoms with Gasteiger partial charge in [0.15, 0.2) is 23.0 Å². The Morgan fingerprint density at radius 1 is 1.27 bits per heavy atom. The number of hydrazone groups is 1. The van der Waals surface area contributed by atoms with E-state index in [-0.39, 0.29) is 10.8 Å². The van der Waals surface area contributed by atoms with Gasteiger partial charge in [-0.2, -0.15) is 5.10 Å². The summed E-state index contributed by atoms with van der Waals surface area (Å²) < 4.78 is 10.8. The number of carbonyl (C=O) groups excluding carboxylic acids is 1. The maximum atomic E-state index is 12.2. The first-order valence-corrected chi connectivity index (χ1v) is 8.19. The minimum absolute atomic E-state index is 0.0230. The summed E-state index contributed by atoms with van der Waals surface area (Å²) in [7, 11) is 1.50. The van der Waals surface area contributed by atoms with E-state index in [1.807, 2.05) is 6.92 Å². The number of amides is 1. The molecule has 2 rings (SSSR count). The topological polar surface area (TPSA) is 100 Å². The molecule has 0 fully saturated rings. The molecule has 0 radical (unpaired) electrons. The lowest BCUT2D eigenvalue weighted by Gasteiger charge is -2.11. The molecule has 0 aromatic heterocycles. The highest BCUT2D eigenvalue weighted by Gasteiger charge is 2.11. The Morgan fingerprint density at radius 3 is 2.69 bits per heavy atom. The van der Waals surface area contributed by atoms with E-state index in [0.717, 1.165) is 6.42 Å². The van der Waals surface area contributed by atoms with Gasteiger partial charge in [0.05, 0.1) is 25.0 Å². The Morgan fingerprint density at radius 2 is 2.04 bits per heavy atom. The molecule has 1 amide bonds. The van der Waals surface area contributed by atoms with E-state index in [2.05, 4.69) is 10.5 Å². The van der Waals surface area contributed by atoms with Gasteiger partial charge >= 0.3 is 0 Å². The van der Waals surface area contributed by atoms with Crippen LogP contribution in [0.1, 0.15) is 29.3 Å². The van der Waals surface area contributed by atoms with Crippen LogP contribution in [0, 0.1) is 0 Å². The molecule has 0 bridgehead atoms. The average molecular weight is 379 g/mol. The third-order valence-electron chi connectivity index (χ3n) is 3.33. The number of carbonyl (C=O) groups is 1. The fourth-order valence-electron chi connectivity index (χ4n) is 2.05. The molecular weight excluding hydrogens is 360 g/mol. The standard InChI is InChI=1S/C18H19ClN2O5/c1-3-6-26-15-5-4-12(9-16(15)25-2)18(24)21-20-10-11-7-13(19)17(23)14(22)8-11/h4-5,7-10,22-23H,3,6H2,1-2H3,(H,21,24)/b20-10+. The number of ether oxygens (including phenoxy) is 2. The Kier molecular flexibility index (Phi) is 6.68. The molecule has 0 aliphatic rings. The molecule has 2 aromatic rings. The van der Waals surface area contributed by atoms with E-state index < -0.39 is 11.7 Å². The van der Waals surface area contributed by atoms with Crippen molar-refractivity contribution in [2.45, 2.75) is 13.3 Å². The number of rotatable bonds is 7. The monoisotopic (exact) mass is 378 g/mol. The maximum Gasteiger partial charge on any atom is 0.271 e. The van der Waals surface area contributed by atoms with Crippen molar-refractivity contribution in [3.8, 4) is 23.0 Å². The molecular formula is C18H19ClN2O5. The number of nitrogens with one attached hydrogen (secondary N) is 1. The van der Waals surface area contributed by atoms with Crippen molar-refractivity contribution in [2.75, 3.05) is 13.7 Å². The number of nitrogens with zero attached hydrogens (tertiary/aromatic N) is 1. The first kappa shape index (κ1) is 19.4. The predicted molar refractivity (Wildman–Crippen MR) is 98.6 cm³/mol. The second-order valence-corrected chi connectivity index (χ2v) is 5.69. The van der Waals surface area contributed by atoms with Crippen molar-refractivity contribution in [3.05, 3.63) is 46.5 Å². The van der Waals surface area contributed by atoms with E-state index in [4.69, 9.17) is 21.1 Å². The first-order valence-electron chi connectivity index (χ1n) is 7.82. The Hall–Kier alpha value is -2.93. The summed E-state index contributed by atoms with van der Waals surface area (Å²) in [6, 6.07) is 7.47. The second-order valence-electron chi connectivity index (χ2n) is 5.28. The largest absolute Gasteiger partial charge is 0.504 e. The van der Waals surface area contributed by atoms with Gasteiger partial charge in [-0.15, -0.1) is 0 Å². The molecule has 138 valence electrons. The summed E-state index contributed by atoms with van der Waals surface area (Å²) in [6.07, 6.45) is 2.15. The molecule has 0 unspecified atom stereocenters. The number of phenolic OH excluding ortho intramolecular Hbond substituents is 2. The smallest absolute Gasteiger partial charge is 0.271 e. The van der Waals surface area contributed by atoms with Gasteiger partial charge in [-0.05, 0) is 42.3 Å². The second kappa shape index (κ2) is 8.96. The number of methoxy groups -OCH3 is 1. The highest BCUT2D eigenvalue weighted by molar-refractivity contribution is 6.32. The lowest BCUT2D eigenvalue weighted by Crippen LogP contribution is -2.17. The fourth-order valence-corrected chi connectivity index (χ4v) is 2.27. The SMILES string of the molecule is CCCOc1ccc(C(=O)N/N=C/c2cc(O)c(O)c(Cl)c2)cc1OC. The van der Waals surface area contributed by atoms with Crippen LogP contribution in [-0.4, -0.2) is 36.1 Å². The lowest BCUT2D eigenvalue weighted by atomic mass is 10.2. The van der Waals surface area contributed by atoms with Crippen molar-refractivity contribution in [1.29, 1.82) is 0 Å². The molecule has 3 N–H and O–H groups in total. The van der Waals surface area contributed by atoms with Crippen molar-refractivity contribution in [3.63, 3.8) is 0 Å². The van der Waals surface area contributed by atoms with Crippen LogP contribution in [-0.2, 0) is 0 Å². The minimum Gasteiger partial charge on any atom is -0.504 e. The predicted octanol–water partition coefficient (Wildman–Crippen LogP) is 3.31. The van der Waals surface area contributed by atoms with Crippen molar-refractivity contribution in [2.24, 2.45) is 5.10 Å². The van der Waals surface area contributed by atoms with Gasteiger partial charge in [0.1, 0.15) is 0 Å². The number of aromatic hydroxyl groups is 2. The number of halogens is 1. The van der Waals surface area contributed by atoms with Crippen LogP contribution in [0.3, 0.4) is 0 Å². The van der Waals surface area contributed by atoms with Crippen molar-refractivity contribution < 1.29 is 24.5 Å². The Balaban J connectivity index is 2.07. The molecule has 7 nitrogen and oxygen atoms in total. The third kappa shape index (κ3) is 4.80. The average Bonchev–Trinajstić information content (AvgIpc) is 2.64. The zero-order valence-corrected chi connectivity index (χ0v) is 15.1. The van der Waals surface area contributed by atoms with Crippen LogP contribution >= 0.6 is 11.6 Å². The molecule has 0 saturated heterocycles. The molecule has 0 aliphatic carbocycles. The van der Waals surface area contributed by atoms with E-state index in [1.54, 1.807) is 18.2 Å². The van der Waals surface area contributed by atoms with Crippen LogP contribution in [0.4, 0.5) is 0 Å². The normalized spacial score (nSPS) is 10.7. The van der Waals surface area contributed by atoms with E-state index in [9.17, 15) is 15.0 Å². The summed E-state index contributed by atoms with van der Waals surface area (Å²) in [4.78, 5) is 12.2. The zero-order chi connectivity index (χ0) is 19.1. The Bertz CT molecular complexity index is 800. The van der Waals surface area contributed by atoms with Gasteiger partial charge in [0, 0.05) is 5.56 Å². The molecule has 2 aromatic carbocycles. The Labute approximate surface area is 155 Å². The van der Waals surface area contributed by atoms with Crippen LogP contribution in [0.2, 0.25) is 5.02 Å². The van der Waals surface area contributed by atoms with Crippen LogP contribution in [0.25, 0.3) is 0 Å². The molecule has 26 heavy (non-hydrogen) atoms. The number of hydrogen-bond donors (Lipinski definition) is 3. The highest BCUT2D eigenvalue weighted by Crippen LogP contribution is 2.33. The van der Waals surface area contributed by atoms with Gasteiger partial charge < -0.3 is 19.7 Å². The van der Waals surface area contributed by atoms with Crippen LogP contribution < -0.4 is 14.9 Å². The number of phenols is 2. The van der Waals surface area contributed by atoms with Crippen LogP contribution in [0.15, 0.2) is 35.4 Å². The summed E-state index contributed by atoms with van der Waals surface area (Å²) in [6.45, 7) is 2.54. The summed E-state index contributed by atoms with van der Waals surface area (Å²) >= 11 is 5.76. The molecule has 0 saturated carbocycles. The first-order chi connectivity index (χ1) is 12.5. The summed E-state index contributed by atoms with van der Waals surface area (Å²) in [5, 5.41) is 22.7. The highest BCUT2D eigenvalue weighted by atomic mass is 35.5. The van der Waals surface area contributed by atoms with Crippen LogP contribution in [0.5, 0.6) is 23.0 Å². The van der Waals surface area contributed by atoms with Crippen molar-refractivity contribution in [1.82, 2.24) is 5.43 Å². The minimum atomic E-state index is -0.448. The van der Waals surface area contributed by atoms with Gasteiger partial charge in [-0.1, -0.05) is 18.5 Å². The summed E-state index contributed by atoms with van der Waals surface area (Å²) in [5.41, 5.74) is 3.11. The van der Waals surface area contributed by atoms with Gasteiger partial charge in [-0.3, -0.25) is 4.79 Å². The van der Waals surface area contributed by atoms with Crippen molar-refractivity contribution >= 4 is 23.7 Å². The number of hydrogen-bond acceptors (Lipinski definition) is 6. The molecule has 0 atom stereocenters. The van der Waals surface area contributed by atoms with Gasteiger partial charge in [-0.25, -0.2) is 5.43 Å². The third-order valence-corrected chi connectivity index (χ3v) is 3.62. The maximum absolute atomic E-state index is 12.2. The fraction of sp³-hybridized carbons (Fsp3) is 0.222. The molecule has 0 aliphatic heterocycles. The molecule has 0 spiro atoms. The molecule has 8 heteroatoms. The van der Waals surface area contributed by atoms with E-state index >= 15 is 0 Å². The lowest BCUT2D eigenvalue weighted by molar-refractivity contribution is 0.0954. The quantitative estimate of drug-likeness (QED) is 0.390. The zero-order valence-electron chi connectivity index (χ0n) is 14.3. The van der Waals surface area contributed by atoms with Gasteiger partial charge in [0.2, 0.25) is 0 Å². The summed E-state index contributed by atoms with van der Waals surface area (Å²) in [5.74, 6) is -0.229. The number of benzene rings is 2. The van der Waals surface area contributed by atoms with E-state index in [1.165, 1.54) is 25.5 Å². The molecule has 0 heterocycles. The van der Waals surface area contributed by atoms with Gasteiger partial charge in [0.25, 0.3) is 5.91 Å².